The molecule has 0 amide bonds. The summed E-state index contributed by atoms with van der Waals surface area (Å²) in [4.78, 5) is 2.30. The first-order valence-electron chi connectivity index (χ1n) is 15.0. The number of hydrogen-bond donors (Lipinski definition) is 1. The normalized spacial score (nSPS) is 11.2. The molecule has 0 heterocycles. The molecule has 0 spiro atoms. The number of benzene rings is 6. The van der Waals surface area contributed by atoms with Crippen molar-refractivity contribution in [3.63, 3.8) is 0 Å². The van der Waals surface area contributed by atoms with Crippen LogP contribution in [0.25, 0.3) is 24.3 Å². The molecular formula is C42H36N2. The quantitative estimate of drug-likeness (QED) is 0.175. The van der Waals surface area contributed by atoms with Crippen molar-refractivity contribution in [3.05, 3.63) is 185 Å². The Morgan fingerprint density at radius 3 is 1.07 bits per heavy atom. The zero-order valence-electron chi connectivity index (χ0n) is 25.2. The van der Waals surface area contributed by atoms with Gasteiger partial charge in [0.05, 0.1) is 0 Å². The summed E-state index contributed by atoms with van der Waals surface area (Å²) in [5.74, 6) is 0. The lowest BCUT2D eigenvalue weighted by Gasteiger charge is -2.25. The smallest absolute Gasteiger partial charge is 0.0462 e. The van der Waals surface area contributed by atoms with E-state index < -0.39 is 0 Å². The third kappa shape index (κ3) is 7.42. The predicted octanol–water partition coefficient (Wildman–Crippen LogP) is 11.9. The summed E-state index contributed by atoms with van der Waals surface area (Å²) >= 11 is 0. The minimum Gasteiger partial charge on any atom is -0.356 e. The summed E-state index contributed by atoms with van der Waals surface area (Å²) in [6.07, 6.45) is 8.59. The van der Waals surface area contributed by atoms with Crippen LogP contribution in [0.1, 0.15) is 33.4 Å². The van der Waals surface area contributed by atoms with Crippen molar-refractivity contribution in [2.24, 2.45) is 0 Å². The van der Waals surface area contributed by atoms with Gasteiger partial charge in [-0.1, -0.05) is 126 Å². The van der Waals surface area contributed by atoms with E-state index in [1.54, 1.807) is 0 Å². The Labute approximate surface area is 261 Å². The minimum absolute atomic E-state index is 1.06. The number of hydrogen-bond acceptors (Lipinski definition) is 2. The van der Waals surface area contributed by atoms with E-state index in [-0.39, 0.29) is 0 Å². The van der Waals surface area contributed by atoms with E-state index in [2.05, 4.69) is 194 Å². The molecule has 6 rings (SSSR count). The van der Waals surface area contributed by atoms with Crippen LogP contribution in [0.15, 0.2) is 152 Å². The van der Waals surface area contributed by atoms with Crippen LogP contribution in [0.5, 0.6) is 0 Å². The highest BCUT2D eigenvalue weighted by Gasteiger charge is 2.12. The Balaban J connectivity index is 1.10. The molecule has 2 heteroatoms. The molecule has 0 bridgehead atoms. The zero-order chi connectivity index (χ0) is 30.1. The molecule has 6 aromatic carbocycles. The van der Waals surface area contributed by atoms with Crippen LogP contribution < -0.4 is 10.2 Å². The summed E-state index contributed by atoms with van der Waals surface area (Å²) in [6, 6.07) is 53.5. The molecule has 0 unspecified atom stereocenters. The maximum Gasteiger partial charge on any atom is 0.0462 e. The van der Waals surface area contributed by atoms with E-state index in [4.69, 9.17) is 0 Å². The Bertz CT molecular complexity index is 1780. The topological polar surface area (TPSA) is 15.3 Å². The highest BCUT2D eigenvalue weighted by molar-refractivity contribution is 5.78. The van der Waals surface area contributed by atoms with Crippen molar-refractivity contribution in [2.75, 3.05) is 10.2 Å². The number of aryl methyl sites for hydroxylation is 2. The van der Waals surface area contributed by atoms with Crippen LogP contribution in [0, 0.1) is 13.8 Å². The molecular weight excluding hydrogens is 532 g/mol. The van der Waals surface area contributed by atoms with Crippen LogP contribution in [-0.4, -0.2) is 0 Å². The van der Waals surface area contributed by atoms with Gasteiger partial charge in [-0.15, -0.1) is 0 Å². The largest absolute Gasteiger partial charge is 0.356 e. The van der Waals surface area contributed by atoms with Crippen molar-refractivity contribution in [1.29, 1.82) is 0 Å². The fraction of sp³-hybridized carbons (Fsp3) is 0.0476. The zero-order valence-corrected chi connectivity index (χ0v) is 25.2. The number of anilines is 5. The molecule has 44 heavy (non-hydrogen) atoms. The van der Waals surface area contributed by atoms with Crippen molar-refractivity contribution in [1.82, 2.24) is 0 Å². The molecule has 1 N–H and O–H groups in total. The molecule has 0 atom stereocenters. The first-order chi connectivity index (χ1) is 21.6. The van der Waals surface area contributed by atoms with E-state index in [1.165, 1.54) is 22.3 Å². The van der Waals surface area contributed by atoms with E-state index >= 15 is 0 Å². The fourth-order valence-corrected chi connectivity index (χ4v) is 5.04. The molecule has 0 aromatic heterocycles. The molecule has 2 nitrogen and oxygen atoms in total. The van der Waals surface area contributed by atoms with Crippen molar-refractivity contribution >= 4 is 52.7 Å². The molecule has 6 aromatic rings. The summed E-state index contributed by atoms with van der Waals surface area (Å²) < 4.78 is 0. The first-order valence-corrected chi connectivity index (χ1v) is 15.0. The third-order valence-electron chi connectivity index (χ3n) is 7.58. The number of nitrogens with zero attached hydrogens (tertiary/aromatic N) is 1. The van der Waals surface area contributed by atoms with E-state index in [1.807, 2.05) is 6.07 Å². The van der Waals surface area contributed by atoms with Gasteiger partial charge in [0.2, 0.25) is 0 Å². The first kappa shape index (κ1) is 28.5. The second-order valence-corrected chi connectivity index (χ2v) is 11.0. The standard InChI is InChI=1S/C42H36N2/c1-32-8-26-40(27-9-32)44(41-28-10-33(2)11-29-41)42-30-20-37(21-31-42)15-14-36-18-24-39(25-19-36)43-38-22-16-35(17-23-38)13-12-34-6-4-3-5-7-34/h3-31,43H,1-2H3. The molecule has 0 aliphatic rings. The van der Waals surface area contributed by atoms with Gasteiger partial charge in [0.25, 0.3) is 0 Å². The highest BCUT2D eigenvalue weighted by Crippen LogP contribution is 2.35. The minimum atomic E-state index is 1.06. The summed E-state index contributed by atoms with van der Waals surface area (Å²) in [6.45, 7) is 4.24. The lowest BCUT2D eigenvalue weighted by Crippen LogP contribution is -2.09. The van der Waals surface area contributed by atoms with Gasteiger partial charge in [-0.25, -0.2) is 0 Å². The van der Waals surface area contributed by atoms with Crippen LogP contribution in [0.4, 0.5) is 28.4 Å². The molecule has 0 aliphatic carbocycles. The van der Waals surface area contributed by atoms with Crippen LogP contribution in [0.3, 0.4) is 0 Å². The summed E-state index contributed by atoms with van der Waals surface area (Å²) in [7, 11) is 0. The average molecular weight is 569 g/mol. The second kappa shape index (κ2) is 13.6. The maximum absolute atomic E-state index is 3.50. The Hall–Kier alpha value is -5.60. The van der Waals surface area contributed by atoms with Crippen LogP contribution >= 0.6 is 0 Å². The Morgan fingerprint density at radius 2 is 0.682 bits per heavy atom. The van der Waals surface area contributed by atoms with Gasteiger partial charge in [0, 0.05) is 28.4 Å². The van der Waals surface area contributed by atoms with Gasteiger partial charge in [-0.3, -0.25) is 0 Å². The van der Waals surface area contributed by atoms with Crippen molar-refractivity contribution < 1.29 is 0 Å². The Kier molecular flexibility index (Phi) is 8.80. The van der Waals surface area contributed by atoms with E-state index in [0.29, 0.717) is 0 Å². The number of nitrogens with one attached hydrogen (secondary N) is 1. The van der Waals surface area contributed by atoms with Gasteiger partial charge >= 0.3 is 0 Å². The second-order valence-electron chi connectivity index (χ2n) is 11.0. The third-order valence-corrected chi connectivity index (χ3v) is 7.58. The molecule has 0 aliphatic heterocycles. The van der Waals surface area contributed by atoms with Crippen molar-refractivity contribution in [2.45, 2.75) is 13.8 Å². The maximum atomic E-state index is 3.50. The van der Waals surface area contributed by atoms with Crippen LogP contribution in [-0.2, 0) is 0 Å². The lowest BCUT2D eigenvalue weighted by molar-refractivity contribution is 1.27. The Morgan fingerprint density at radius 1 is 0.364 bits per heavy atom. The van der Waals surface area contributed by atoms with Gasteiger partial charge < -0.3 is 10.2 Å². The molecule has 0 saturated carbocycles. The average Bonchev–Trinajstić information content (AvgIpc) is 3.07. The summed E-state index contributed by atoms with van der Waals surface area (Å²) in [5.41, 5.74) is 12.7. The SMILES string of the molecule is Cc1ccc(N(c2ccc(C)cc2)c2ccc(C=Cc3ccc(Nc4ccc(C=Cc5ccccc5)cc4)cc3)cc2)cc1. The van der Waals surface area contributed by atoms with Gasteiger partial charge in [-0.05, 0) is 96.8 Å². The monoisotopic (exact) mass is 568 g/mol. The molecule has 0 saturated heterocycles. The van der Waals surface area contributed by atoms with Gasteiger partial charge in [-0.2, -0.15) is 0 Å². The molecule has 214 valence electrons. The van der Waals surface area contributed by atoms with Crippen LogP contribution in [0.2, 0.25) is 0 Å². The summed E-state index contributed by atoms with van der Waals surface area (Å²) in [5, 5.41) is 3.50. The number of rotatable bonds is 9. The van der Waals surface area contributed by atoms with Gasteiger partial charge in [0.1, 0.15) is 0 Å². The lowest BCUT2D eigenvalue weighted by atomic mass is 10.1. The fourth-order valence-electron chi connectivity index (χ4n) is 5.04. The highest BCUT2D eigenvalue weighted by atomic mass is 15.1. The van der Waals surface area contributed by atoms with Crippen molar-refractivity contribution in [3.8, 4) is 0 Å². The van der Waals surface area contributed by atoms with E-state index in [0.717, 1.165) is 39.6 Å². The van der Waals surface area contributed by atoms with Gasteiger partial charge in [0.15, 0.2) is 0 Å². The molecule has 0 fully saturated rings. The molecule has 0 radical (unpaired) electrons. The van der Waals surface area contributed by atoms with E-state index in [9.17, 15) is 0 Å². The predicted molar refractivity (Wildman–Crippen MR) is 191 cm³/mol.